The summed E-state index contributed by atoms with van der Waals surface area (Å²) in [4.78, 5) is 0. The Morgan fingerprint density at radius 1 is 1.15 bits per heavy atom. The first kappa shape index (κ1) is 18.2. The zero-order chi connectivity index (χ0) is 18.7. The molecule has 2 aromatic rings. The monoisotopic (exact) mass is 346 g/mol. The number of hydrogen-bond acceptors (Lipinski definition) is 3. The molecule has 1 aliphatic carbocycles. The molecule has 134 valence electrons. The minimum Gasteiger partial charge on any atom is -0.268 e. The van der Waals surface area contributed by atoms with Crippen LogP contribution in [0.5, 0.6) is 0 Å². The third-order valence-electron chi connectivity index (χ3n) is 5.27. The van der Waals surface area contributed by atoms with E-state index in [9.17, 15) is 5.26 Å². The maximum atomic E-state index is 9.26. The average Bonchev–Trinajstić information content (AvgIpc) is 2.99. The van der Waals surface area contributed by atoms with Gasteiger partial charge in [0.2, 0.25) is 0 Å². The fourth-order valence-corrected chi connectivity index (χ4v) is 3.86. The molecule has 0 saturated heterocycles. The minimum absolute atomic E-state index is 0.119. The maximum Gasteiger partial charge on any atom is 0.0961 e. The lowest BCUT2D eigenvalue weighted by Gasteiger charge is -2.22. The van der Waals surface area contributed by atoms with E-state index in [0.717, 1.165) is 30.5 Å². The predicted molar refractivity (Wildman–Crippen MR) is 103 cm³/mol. The van der Waals surface area contributed by atoms with E-state index in [1.54, 1.807) is 0 Å². The summed E-state index contributed by atoms with van der Waals surface area (Å²) in [6.45, 7) is 7.26. The van der Waals surface area contributed by atoms with Crippen molar-refractivity contribution in [2.45, 2.75) is 70.8 Å². The first-order chi connectivity index (χ1) is 12.5. The van der Waals surface area contributed by atoms with E-state index in [1.807, 2.05) is 4.68 Å². The molecule has 1 aliphatic rings. The summed E-state index contributed by atoms with van der Waals surface area (Å²) >= 11 is 0. The van der Waals surface area contributed by atoms with Gasteiger partial charge < -0.3 is 0 Å². The van der Waals surface area contributed by atoms with Gasteiger partial charge in [0.05, 0.1) is 30.8 Å². The fraction of sp³-hybridized carbons (Fsp3) is 0.500. The summed E-state index contributed by atoms with van der Waals surface area (Å²) in [6.07, 6.45) is 4.09. The van der Waals surface area contributed by atoms with Crippen molar-refractivity contribution in [3.8, 4) is 23.4 Å². The van der Waals surface area contributed by atoms with Crippen molar-refractivity contribution < 1.29 is 0 Å². The van der Waals surface area contributed by atoms with E-state index >= 15 is 0 Å². The van der Waals surface area contributed by atoms with Crippen LogP contribution in [-0.4, -0.2) is 9.78 Å². The number of nitrogens with zero attached hydrogens (tertiary/aromatic N) is 4. The Balaban J connectivity index is 2.07. The fourth-order valence-electron chi connectivity index (χ4n) is 3.86. The third kappa shape index (κ3) is 3.51. The summed E-state index contributed by atoms with van der Waals surface area (Å²) in [5.41, 5.74) is 5.98. The Morgan fingerprint density at radius 3 is 2.50 bits per heavy atom. The van der Waals surface area contributed by atoms with E-state index in [-0.39, 0.29) is 11.3 Å². The highest BCUT2D eigenvalue weighted by Crippen LogP contribution is 2.40. The zero-order valence-electron chi connectivity index (χ0n) is 15.9. The molecular weight excluding hydrogens is 320 g/mol. The normalized spacial score (nSPS) is 16.6. The van der Waals surface area contributed by atoms with Crippen LogP contribution in [0.15, 0.2) is 24.3 Å². The van der Waals surface area contributed by atoms with Crippen LogP contribution in [-0.2, 0) is 18.4 Å². The molecule has 0 N–H and O–H groups in total. The SMILES string of the molecule is CC(C)(C)c1ccc(-c2nn(CCC#N)c3c2C(CC#N)CCC3)cc1. The molecule has 4 heteroatoms. The van der Waals surface area contributed by atoms with Gasteiger partial charge in [-0.3, -0.25) is 4.68 Å². The van der Waals surface area contributed by atoms with Crippen LogP contribution in [0.3, 0.4) is 0 Å². The lowest BCUT2D eigenvalue weighted by atomic mass is 9.81. The Kier molecular flexibility index (Phi) is 5.14. The Hall–Kier alpha value is -2.59. The molecule has 0 bridgehead atoms. The molecule has 3 rings (SSSR count). The summed E-state index contributed by atoms with van der Waals surface area (Å²) < 4.78 is 2.01. The number of aryl methyl sites for hydroxylation is 1. The van der Waals surface area contributed by atoms with E-state index in [1.165, 1.54) is 16.8 Å². The van der Waals surface area contributed by atoms with Crippen molar-refractivity contribution in [3.63, 3.8) is 0 Å². The third-order valence-corrected chi connectivity index (χ3v) is 5.27. The lowest BCUT2D eigenvalue weighted by Crippen LogP contribution is -2.13. The van der Waals surface area contributed by atoms with E-state index in [4.69, 9.17) is 10.4 Å². The molecule has 1 unspecified atom stereocenters. The van der Waals surface area contributed by atoms with Gasteiger partial charge in [0.1, 0.15) is 0 Å². The van der Waals surface area contributed by atoms with Crippen molar-refractivity contribution >= 4 is 0 Å². The molecule has 4 nitrogen and oxygen atoms in total. The highest BCUT2D eigenvalue weighted by molar-refractivity contribution is 5.66. The lowest BCUT2D eigenvalue weighted by molar-refractivity contribution is 0.520. The van der Waals surface area contributed by atoms with Crippen LogP contribution in [0.4, 0.5) is 0 Å². The molecule has 0 spiro atoms. The van der Waals surface area contributed by atoms with Crippen molar-refractivity contribution in [2.24, 2.45) is 0 Å². The molecular formula is C22H26N4. The van der Waals surface area contributed by atoms with Crippen LogP contribution in [0.1, 0.15) is 69.2 Å². The standard InChI is InChI=1S/C22H26N4/c1-22(2,3)18-10-8-17(9-11-18)21-20-16(12-14-24)6-4-7-19(20)26(25-21)15-5-13-23/h8-11,16H,4-7,12,15H2,1-3H3. The van der Waals surface area contributed by atoms with Crippen LogP contribution < -0.4 is 0 Å². The Morgan fingerprint density at radius 2 is 1.88 bits per heavy atom. The Labute approximate surface area is 156 Å². The number of benzene rings is 1. The van der Waals surface area contributed by atoms with Gasteiger partial charge in [0.25, 0.3) is 0 Å². The molecule has 1 atom stereocenters. The van der Waals surface area contributed by atoms with Crippen molar-refractivity contribution in [1.29, 1.82) is 10.5 Å². The summed E-state index contributed by atoms with van der Waals surface area (Å²) in [7, 11) is 0. The van der Waals surface area contributed by atoms with Gasteiger partial charge in [0.15, 0.2) is 0 Å². The van der Waals surface area contributed by atoms with Crippen LogP contribution in [0.25, 0.3) is 11.3 Å². The Bertz CT molecular complexity index is 854. The molecule has 0 fully saturated rings. The van der Waals surface area contributed by atoms with Gasteiger partial charge in [-0.15, -0.1) is 0 Å². The minimum atomic E-state index is 0.119. The molecule has 1 aromatic heterocycles. The number of rotatable bonds is 4. The quantitative estimate of drug-likeness (QED) is 0.774. The predicted octanol–water partition coefficient (Wildman–Crippen LogP) is 5.09. The molecule has 1 heterocycles. The number of hydrogen-bond donors (Lipinski definition) is 0. The molecule has 1 aromatic carbocycles. The second-order valence-corrected chi connectivity index (χ2v) is 8.12. The van der Waals surface area contributed by atoms with Crippen LogP contribution in [0, 0.1) is 22.7 Å². The summed E-state index contributed by atoms with van der Waals surface area (Å²) in [5, 5.41) is 23.1. The van der Waals surface area contributed by atoms with E-state index in [0.29, 0.717) is 19.4 Å². The van der Waals surface area contributed by atoms with Gasteiger partial charge in [-0.05, 0) is 30.2 Å². The van der Waals surface area contributed by atoms with E-state index in [2.05, 4.69) is 57.2 Å². The molecule has 0 radical (unpaired) electrons. The van der Waals surface area contributed by atoms with E-state index < -0.39 is 0 Å². The van der Waals surface area contributed by atoms with Crippen molar-refractivity contribution in [3.05, 3.63) is 41.1 Å². The smallest absolute Gasteiger partial charge is 0.0961 e. The zero-order valence-corrected chi connectivity index (χ0v) is 15.9. The molecule has 0 amide bonds. The summed E-state index contributed by atoms with van der Waals surface area (Å²) in [6, 6.07) is 13.2. The van der Waals surface area contributed by atoms with Gasteiger partial charge in [-0.2, -0.15) is 15.6 Å². The topological polar surface area (TPSA) is 65.4 Å². The molecule has 26 heavy (non-hydrogen) atoms. The van der Waals surface area contributed by atoms with Gasteiger partial charge in [0, 0.05) is 29.2 Å². The largest absolute Gasteiger partial charge is 0.268 e. The number of nitriles is 2. The molecule has 0 saturated carbocycles. The number of fused-ring (bicyclic) bond motifs is 1. The van der Waals surface area contributed by atoms with Gasteiger partial charge in [-0.1, -0.05) is 45.0 Å². The first-order valence-corrected chi connectivity index (χ1v) is 9.40. The molecule has 0 aliphatic heterocycles. The highest BCUT2D eigenvalue weighted by Gasteiger charge is 2.29. The van der Waals surface area contributed by atoms with Crippen LogP contribution >= 0.6 is 0 Å². The highest BCUT2D eigenvalue weighted by atomic mass is 15.3. The summed E-state index contributed by atoms with van der Waals surface area (Å²) in [5.74, 6) is 0.247. The van der Waals surface area contributed by atoms with Crippen molar-refractivity contribution in [1.82, 2.24) is 9.78 Å². The van der Waals surface area contributed by atoms with Crippen molar-refractivity contribution in [2.75, 3.05) is 0 Å². The second-order valence-electron chi connectivity index (χ2n) is 8.12. The first-order valence-electron chi connectivity index (χ1n) is 9.40. The average molecular weight is 346 g/mol. The van der Waals surface area contributed by atoms with Gasteiger partial charge in [-0.25, -0.2) is 0 Å². The van der Waals surface area contributed by atoms with Crippen LogP contribution in [0.2, 0.25) is 0 Å². The maximum absolute atomic E-state index is 9.26. The number of aromatic nitrogens is 2. The van der Waals surface area contributed by atoms with Gasteiger partial charge >= 0.3 is 0 Å². The second kappa shape index (κ2) is 7.34.